The fourth-order valence-corrected chi connectivity index (χ4v) is 3.75. The maximum atomic E-state index is 13.1. The third-order valence-corrected chi connectivity index (χ3v) is 5.47. The second kappa shape index (κ2) is 10.3. The molecule has 0 aliphatic carbocycles. The molecule has 0 unspecified atom stereocenters. The number of benzene rings is 1. The predicted molar refractivity (Wildman–Crippen MR) is 122 cm³/mol. The molecule has 35 heavy (non-hydrogen) atoms. The molecule has 4 rings (SSSR count). The van der Waals surface area contributed by atoms with E-state index in [1.54, 1.807) is 18.2 Å². The van der Waals surface area contributed by atoms with Gasteiger partial charge < -0.3 is 26.4 Å². The average molecular weight is 491 g/mol. The van der Waals surface area contributed by atoms with Crippen molar-refractivity contribution in [2.24, 2.45) is 5.73 Å². The summed E-state index contributed by atoms with van der Waals surface area (Å²) in [4.78, 5) is 33.9. The van der Waals surface area contributed by atoms with Gasteiger partial charge in [0.05, 0.1) is 24.6 Å². The lowest BCUT2D eigenvalue weighted by Crippen LogP contribution is -2.37. The third kappa shape index (κ3) is 6.05. The Morgan fingerprint density at radius 3 is 2.60 bits per heavy atom. The van der Waals surface area contributed by atoms with E-state index in [0.717, 1.165) is 25.8 Å². The van der Waals surface area contributed by atoms with Crippen LogP contribution in [0, 0.1) is 0 Å². The van der Waals surface area contributed by atoms with E-state index < -0.39 is 23.6 Å². The Morgan fingerprint density at radius 1 is 1.14 bits per heavy atom. The zero-order valence-corrected chi connectivity index (χ0v) is 18.6. The van der Waals surface area contributed by atoms with Gasteiger partial charge in [0, 0.05) is 31.4 Å². The van der Waals surface area contributed by atoms with Crippen LogP contribution >= 0.6 is 0 Å². The van der Waals surface area contributed by atoms with Crippen LogP contribution < -0.4 is 21.7 Å². The number of ether oxygens (including phenoxy) is 1. The van der Waals surface area contributed by atoms with Gasteiger partial charge in [0.2, 0.25) is 5.91 Å². The number of nitrogens with two attached hydrogens (primary N) is 1. The van der Waals surface area contributed by atoms with Gasteiger partial charge in [0.25, 0.3) is 5.91 Å². The molecule has 2 aromatic rings. The minimum atomic E-state index is -4.71. The molecule has 0 spiro atoms. The molecule has 1 aromatic carbocycles. The quantitative estimate of drug-likeness (QED) is 0.433. The molecule has 1 fully saturated rings. The van der Waals surface area contributed by atoms with Gasteiger partial charge >= 0.3 is 6.18 Å². The molecule has 10 nitrogen and oxygen atoms in total. The Balaban J connectivity index is 1.44. The summed E-state index contributed by atoms with van der Waals surface area (Å²) in [6.45, 7) is 3.94. The van der Waals surface area contributed by atoms with Crippen LogP contribution in [-0.2, 0) is 20.5 Å². The summed E-state index contributed by atoms with van der Waals surface area (Å²) >= 11 is 0. The van der Waals surface area contributed by atoms with Crippen molar-refractivity contribution >= 4 is 34.4 Å². The molecular weight excluding hydrogens is 467 g/mol. The highest BCUT2D eigenvalue weighted by molar-refractivity contribution is 6.20. The lowest BCUT2D eigenvalue weighted by Gasteiger charge is -2.26. The molecule has 186 valence electrons. The largest absolute Gasteiger partial charge is 0.433 e. The van der Waals surface area contributed by atoms with Crippen molar-refractivity contribution in [3.8, 4) is 0 Å². The number of primary amides is 1. The normalized spacial score (nSPS) is 17.2. The average Bonchev–Trinajstić information content (AvgIpc) is 3.22. The van der Waals surface area contributed by atoms with E-state index in [9.17, 15) is 22.8 Å². The first kappa shape index (κ1) is 24.4. The van der Waals surface area contributed by atoms with E-state index in [-0.39, 0.29) is 17.3 Å². The van der Waals surface area contributed by atoms with Gasteiger partial charge in [-0.2, -0.15) is 13.2 Å². The number of morpholine rings is 1. The van der Waals surface area contributed by atoms with Crippen LogP contribution in [-0.4, -0.2) is 59.5 Å². The first-order valence-electron chi connectivity index (χ1n) is 10.9. The minimum absolute atomic E-state index is 0.0424. The number of fused-ring (bicyclic) bond motifs is 1. The van der Waals surface area contributed by atoms with Crippen molar-refractivity contribution in [2.45, 2.75) is 19.0 Å². The minimum Gasteiger partial charge on any atom is -0.379 e. The topological polar surface area (TPSA) is 134 Å². The highest BCUT2D eigenvalue weighted by atomic mass is 19.4. The van der Waals surface area contributed by atoms with E-state index in [2.05, 4.69) is 30.8 Å². The lowest BCUT2D eigenvalue weighted by molar-refractivity contribution is -0.141. The molecule has 3 heterocycles. The van der Waals surface area contributed by atoms with Gasteiger partial charge in [-0.05, 0) is 37.2 Å². The SMILES string of the molecule is NC(=O)/C(=C1\Nc2ccc(NC(=O)CCCN3CCOCC3)cc2N1)c1nccc(C(F)(F)F)n1. The van der Waals surface area contributed by atoms with Gasteiger partial charge in [-0.25, -0.2) is 9.97 Å². The molecule has 0 atom stereocenters. The number of nitrogens with zero attached hydrogens (tertiary/aromatic N) is 3. The third-order valence-electron chi connectivity index (χ3n) is 5.47. The fourth-order valence-electron chi connectivity index (χ4n) is 3.75. The van der Waals surface area contributed by atoms with Gasteiger partial charge in [-0.15, -0.1) is 0 Å². The number of alkyl halides is 3. The van der Waals surface area contributed by atoms with Crippen LogP contribution in [0.2, 0.25) is 0 Å². The molecule has 13 heteroatoms. The van der Waals surface area contributed by atoms with Crippen molar-refractivity contribution in [1.82, 2.24) is 14.9 Å². The maximum Gasteiger partial charge on any atom is 0.433 e. The number of rotatable bonds is 7. The maximum absolute atomic E-state index is 13.1. The second-order valence-corrected chi connectivity index (χ2v) is 7.99. The number of carbonyl (C=O) groups excluding carboxylic acids is 2. The Labute approximate surface area is 198 Å². The van der Waals surface area contributed by atoms with Gasteiger partial charge in [0.15, 0.2) is 5.82 Å². The molecule has 2 amide bonds. The van der Waals surface area contributed by atoms with E-state index in [4.69, 9.17) is 10.5 Å². The number of carbonyl (C=O) groups is 2. The number of hydrogen-bond donors (Lipinski definition) is 4. The summed E-state index contributed by atoms with van der Waals surface area (Å²) in [7, 11) is 0. The van der Waals surface area contributed by atoms with Crippen molar-refractivity contribution in [3.63, 3.8) is 0 Å². The first-order chi connectivity index (χ1) is 16.7. The van der Waals surface area contributed by atoms with Crippen molar-refractivity contribution in [3.05, 3.63) is 47.8 Å². The second-order valence-electron chi connectivity index (χ2n) is 7.99. The number of halogens is 3. The standard InChI is InChI=1S/C22H24F3N7O3/c23-22(24,25)16-5-6-27-20(31-16)18(19(26)34)21-29-14-4-3-13(12-15(14)30-21)28-17(33)2-1-7-32-8-10-35-11-9-32/h3-6,12,29-30H,1-2,7-11H2,(H2,26,34)(H,28,33)/b21-18-. The molecular formula is C22H24F3N7O3. The number of aromatic nitrogens is 2. The van der Waals surface area contributed by atoms with Gasteiger partial charge in [0.1, 0.15) is 17.1 Å². The van der Waals surface area contributed by atoms with E-state index >= 15 is 0 Å². The molecule has 2 aliphatic rings. The molecule has 0 radical (unpaired) electrons. The summed E-state index contributed by atoms with van der Waals surface area (Å²) in [5, 5.41) is 8.64. The van der Waals surface area contributed by atoms with Crippen molar-refractivity contribution in [1.29, 1.82) is 0 Å². The smallest absolute Gasteiger partial charge is 0.379 e. The van der Waals surface area contributed by atoms with Crippen molar-refractivity contribution in [2.75, 3.05) is 48.8 Å². The summed E-state index contributed by atoms with van der Waals surface area (Å²) in [6.07, 6.45) is -2.74. The van der Waals surface area contributed by atoms with E-state index in [0.29, 0.717) is 49.2 Å². The first-order valence-corrected chi connectivity index (χ1v) is 10.9. The molecule has 1 saturated heterocycles. The fraction of sp³-hybridized carbons (Fsp3) is 0.364. The van der Waals surface area contributed by atoms with E-state index in [1.165, 1.54) is 0 Å². The summed E-state index contributed by atoms with van der Waals surface area (Å²) in [6, 6.07) is 5.67. The Bertz CT molecular complexity index is 1150. The van der Waals surface area contributed by atoms with Gasteiger partial charge in [-0.1, -0.05) is 0 Å². The summed E-state index contributed by atoms with van der Waals surface area (Å²) in [5.41, 5.74) is 5.46. The van der Waals surface area contributed by atoms with Crippen LogP contribution in [0.1, 0.15) is 24.4 Å². The summed E-state index contributed by atoms with van der Waals surface area (Å²) in [5.74, 6) is -1.58. The van der Waals surface area contributed by atoms with Gasteiger partial charge in [-0.3, -0.25) is 14.5 Å². The Kier molecular flexibility index (Phi) is 7.17. The number of anilines is 3. The number of amides is 2. The number of hydrogen-bond acceptors (Lipinski definition) is 8. The summed E-state index contributed by atoms with van der Waals surface area (Å²) < 4.78 is 44.5. The lowest BCUT2D eigenvalue weighted by atomic mass is 10.2. The molecule has 1 aromatic heterocycles. The molecule has 0 saturated carbocycles. The monoisotopic (exact) mass is 491 g/mol. The zero-order valence-electron chi connectivity index (χ0n) is 18.6. The molecule has 2 aliphatic heterocycles. The van der Waals surface area contributed by atoms with Crippen LogP contribution in [0.4, 0.5) is 30.2 Å². The molecule has 5 N–H and O–H groups in total. The highest BCUT2D eigenvalue weighted by Gasteiger charge is 2.34. The van der Waals surface area contributed by atoms with Crippen LogP contribution in [0.5, 0.6) is 0 Å². The van der Waals surface area contributed by atoms with Crippen LogP contribution in [0.3, 0.4) is 0 Å². The zero-order chi connectivity index (χ0) is 25.0. The Hall–Kier alpha value is -3.71. The van der Waals surface area contributed by atoms with Crippen LogP contribution in [0.15, 0.2) is 36.3 Å². The predicted octanol–water partition coefficient (Wildman–Crippen LogP) is 2.24. The Morgan fingerprint density at radius 2 is 1.89 bits per heavy atom. The highest BCUT2D eigenvalue weighted by Crippen LogP contribution is 2.36. The van der Waals surface area contributed by atoms with Crippen LogP contribution in [0.25, 0.3) is 5.57 Å². The van der Waals surface area contributed by atoms with E-state index in [1.807, 2.05) is 0 Å². The molecule has 0 bridgehead atoms. The van der Waals surface area contributed by atoms with Crippen molar-refractivity contribution < 1.29 is 27.5 Å². The number of nitrogens with one attached hydrogen (secondary N) is 3.